The Bertz CT molecular complexity index is 3240. The first-order valence-corrected chi connectivity index (χ1v) is 29.9. The Labute approximate surface area is 530 Å². The Morgan fingerprint density at radius 1 is 0.397 bits per heavy atom. The van der Waals surface area contributed by atoms with Gasteiger partial charge in [-0.05, 0) is 198 Å². The molecule has 0 saturated carbocycles. The van der Waals surface area contributed by atoms with E-state index in [0.29, 0.717) is 85.7 Å². The van der Waals surface area contributed by atoms with E-state index in [4.69, 9.17) is 48.8 Å². The van der Waals surface area contributed by atoms with Crippen LogP contribution < -0.4 is 28.9 Å². The Balaban J connectivity index is 0.00000151. The van der Waals surface area contributed by atoms with Crippen LogP contribution in [0.5, 0.6) is 23.0 Å². The maximum Gasteiger partial charge on any atom is 2.00 e. The van der Waals surface area contributed by atoms with Gasteiger partial charge in [0.15, 0.2) is 0 Å². The van der Waals surface area contributed by atoms with Gasteiger partial charge in [0.1, 0.15) is 23.0 Å². The minimum absolute atomic E-state index is 0. The molecule has 7 aromatic rings. The van der Waals surface area contributed by atoms with E-state index in [-0.39, 0.29) is 17.1 Å². The molecule has 23 heteroatoms. The molecule has 9 rings (SSSR count). The molecule has 0 atom stereocenters. The Morgan fingerprint density at radius 3 is 0.767 bits per heavy atom. The summed E-state index contributed by atoms with van der Waals surface area (Å²) in [4.78, 5) is 31.0. The van der Waals surface area contributed by atoms with Crippen molar-refractivity contribution in [3.8, 4) is 67.5 Å². The van der Waals surface area contributed by atoms with Gasteiger partial charge >= 0.3 is 17.1 Å². The van der Waals surface area contributed by atoms with Crippen LogP contribution in [0.3, 0.4) is 0 Å². The number of carboxylic acids is 1. The van der Waals surface area contributed by atoms with E-state index in [1.807, 2.05) is 72.8 Å². The van der Waals surface area contributed by atoms with E-state index in [2.05, 4.69) is 191 Å². The van der Waals surface area contributed by atoms with Crippen LogP contribution in [-0.2, 0) is 21.9 Å². The van der Waals surface area contributed by atoms with Gasteiger partial charge in [0.25, 0.3) is 5.97 Å². The predicted octanol–water partition coefficient (Wildman–Crippen LogP) is 19.9. The normalized spacial score (nSPS) is 11.5. The first-order chi connectivity index (χ1) is 34.3. The zero-order valence-electron chi connectivity index (χ0n) is 37.6. The number of carboxylic acid groups (broad SMARTS) is 1. The van der Waals surface area contributed by atoms with Gasteiger partial charge in [0.2, 0.25) is 0 Å². The molecule has 0 aliphatic carbocycles. The predicted molar refractivity (Wildman–Crippen MR) is 330 cm³/mol. The molecular formula is C50H28Br12MnN4O6. The van der Waals surface area contributed by atoms with Crippen molar-refractivity contribution in [1.82, 2.24) is 19.9 Å². The summed E-state index contributed by atoms with van der Waals surface area (Å²) < 4.78 is 32.6. The Morgan fingerprint density at radius 2 is 0.589 bits per heavy atom. The van der Waals surface area contributed by atoms with Crippen molar-refractivity contribution >= 4 is 243 Å². The smallest absolute Gasteiger partial charge is 0.657 e. The van der Waals surface area contributed by atoms with Crippen LogP contribution in [0.15, 0.2) is 102 Å². The second kappa shape index (κ2) is 24.6. The molecule has 0 unspecified atom stereocenters. The van der Waals surface area contributed by atoms with Gasteiger partial charge in [-0.15, -0.1) is 22.1 Å². The number of aliphatic carboxylic acids is 1. The van der Waals surface area contributed by atoms with Crippen LogP contribution in [0.2, 0.25) is 0 Å². The number of aromatic nitrogens is 4. The maximum absolute atomic E-state index is 9.00. The number of hydrogen-bond donors (Lipinski definition) is 1. The number of hydrogen-bond acceptors (Lipinski definition) is 7. The van der Waals surface area contributed by atoms with E-state index >= 15 is 0 Å². The van der Waals surface area contributed by atoms with Gasteiger partial charge < -0.3 is 34.0 Å². The van der Waals surface area contributed by atoms with Gasteiger partial charge in [-0.3, -0.25) is 4.79 Å². The largest absolute Gasteiger partial charge is 2.00 e. The van der Waals surface area contributed by atoms with Gasteiger partial charge in [0, 0.05) is 47.1 Å². The number of rotatable bonds is 8. The number of nitrogens with zero attached hydrogens (tertiary/aromatic N) is 4. The third-order valence-electron chi connectivity index (χ3n) is 10.9. The van der Waals surface area contributed by atoms with Crippen molar-refractivity contribution in [3.63, 3.8) is 0 Å². The number of methoxy groups -OCH3 is 4. The average Bonchev–Trinajstić information content (AvgIpc) is 4.16. The van der Waals surface area contributed by atoms with E-state index in [1.54, 1.807) is 28.4 Å². The van der Waals surface area contributed by atoms with Crippen LogP contribution in [-0.4, -0.2) is 49.5 Å². The van der Waals surface area contributed by atoms with Crippen molar-refractivity contribution in [3.05, 3.63) is 125 Å². The summed E-state index contributed by atoms with van der Waals surface area (Å²) in [5.41, 5.74) is 11.0. The molecule has 1 N–H and O–H groups in total. The average molecular weight is 1790 g/mol. The number of benzene rings is 4. The molecule has 3 aromatic heterocycles. The van der Waals surface area contributed by atoms with Crippen LogP contribution >= 0.6 is 191 Å². The molecular weight excluding hydrogens is 1770 g/mol. The third-order valence-corrected chi connectivity index (χ3v) is 18.8. The quantitative estimate of drug-likeness (QED) is 0.147. The summed E-state index contributed by atoms with van der Waals surface area (Å²) in [5.74, 6) is 1.56. The molecule has 10 nitrogen and oxygen atoms in total. The van der Waals surface area contributed by atoms with Gasteiger partial charge in [-0.25, -0.2) is 9.97 Å². The van der Waals surface area contributed by atoms with Crippen LogP contribution in [0.4, 0.5) is 0 Å². The van der Waals surface area contributed by atoms with Crippen molar-refractivity contribution in [2.45, 2.75) is 6.92 Å². The minimum atomic E-state index is -0.833. The maximum atomic E-state index is 9.00. The van der Waals surface area contributed by atoms with Crippen LogP contribution in [0.25, 0.3) is 90.9 Å². The molecule has 0 amide bonds. The number of ether oxygens (including phenoxy) is 4. The number of halogens is 12. The first-order valence-electron chi connectivity index (χ1n) is 20.4. The Hall–Kier alpha value is -1.57. The zero-order chi connectivity index (χ0) is 52.2. The summed E-state index contributed by atoms with van der Waals surface area (Å²) in [6.07, 6.45) is 7.98. The van der Waals surface area contributed by atoms with E-state index in [9.17, 15) is 0 Å². The summed E-state index contributed by atoms with van der Waals surface area (Å²) >= 11 is 46.1. The van der Waals surface area contributed by atoms with Crippen molar-refractivity contribution in [1.29, 1.82) is 0 Å². The fourth-order valence-corrected chi connectivity index (χ4v) is 19.4. The fraction of sp³-hybridized carbons (Fsp3) is 0.100. The SMILES string of the molecule is CC(=O)O.COc1c(Br)cc(Br)c(-c2c3nc(c(-c4c(Br)cc(Br)c(OC)c4Br)c4ccc([n-]4)c(-c4c(Br)cc(Br)c(OC)c4Br)c4nc(c(-c5c(Br)cc(Br)c(OC)c5Br)c5ccc2[n-]5)C=C4)C=C3)c1Br.[Mn+2]. The molecule has 375 valence electrons. The van der Waals surface area contributed by atoms with Gasteiger partial charge in [0.05, 0.1) is 87.0 Å². The topological polar surface area (TPSA) is 128 Å². The molecule has 8 bridgehead atoms. The molecule has 2 aliphatic rings. The summed E-state index contributed by atoms with van der Waals surface area (Å²) in [6, 6.07) is 15.8. The summed E-state index contributed by atoms with van der Waals surface area (Å²) in [7, 11) is 6.53. The van der Waals surface area contributed by atoms with E-state index < -0.39 is 5.97 Å². The van der Waals surface area contributed by atoms with Crippen molar-refractivity contribution in [2.24, 2.45) is 0 Å². The fourth-order valence-electron chi connectivity index (χ4n) is 8.07. The summed E-state index contributed by atoms with van der Waals surface area (Å²) in [6.45, 7) is 1.08. The molecule has 0 spiro atoms. The van der Waals surface area contributed by atoms with E-state index in [0.717, 1.165) is 87.2 Å². The third kappa shape index (κ3) is 11.4. The van der Waals surface area contributed by atoms with Gasteiger partial charge in [-0.2, -0.15) is 0 Å². The molecule has 0 fully saturated rings. The zero-order valence-corrected chi connectivity index (χ0v) is 57.8. The monoisotopic (exact) mass is 1780 g/mol. The van der Waals surface area contributed by atoms with Crippen molar-refractivity contribution < 1.29 is 45.9 Å². The van der Waals surface area contributed by atoms with E-state index in [1.165, 1.54) is 0 Å². The number of carbonyl (C=O) groups is 1. The number of fused-ring (bicyclic) bond motifs is 8. The first kappa shape index (κ1) is 59.1. The standard InChI is InChI=1S/C48H24Br12N4O4.C2H4O2.Mn/c1-65-45-21(53)13-17(49)33(41(45)57)37-25-5-7-27(61-25)38(34-18(50)14-22(54)46(66-2)42(34)58)29-9-11-31(63-29)40(36-20(52)16-24(56)48(68-4)44(36)60)32-12-10-30(64-32)39(28-8-6-26(37)62-28)35-19(51)15-23(55)47(67-3)43(35)59;1-2(3)4;/h5-16H,1-4H3;1H3,(H,3,4);/q-2;;+2. The molecule has 1 radical (unpaired) electrons. The molecule has 2 aliphatic heterocycles. The van der Waals surface area contributed by atoms with Gasteiger partial charge in [-0.1, -0.05) is 88.0 Å². The second-order valence-electron chi connectivity index (χ2n) is 15.1. The molecule has 73 heavy (non-hydrogen) atoms. The molecule has 4 aromatic carbocycles. The Kier molecular flexibility index (Phi) is 19.9. The van der Waals surface area contributed by atoms with Crippen LogP contribution in [0.1, 0.15) is 29.7 Å². The van der Waals surface area contributed by atoms with Crippen molar-refractivity contribution in [2.75, 3.05) is 28.4 Å². The summed E-state index contributed by atoms with van der Waals surface area (Å²) in [5, 5.41) is 7.42. The van der Waals surface area contributed by atoms with Crippen LogP contribution in [0, 0.1) is 0 Å². The second-order valence-corrected chi connectivity index (χ2v) is 25.1. The minimum Gasteiger partial charge on any atom is -0.657 e. The molecule has 5 heterocycles. The molecule has 0 saturated heterocycles.